The lowest BCUT2D eigenvalue weighted by Crippen LogP contribution is -2.46. The number of piperazine rings is 1. The fourth-order valence-electron chi connectivity index (χ4n) is 2.65. The molecule has 1 aliphatic rings. The third-order valence-electron chi connectivity index (χ3n) is 4.17. The standard InChI is InChI=1S/C16H29N5/c1-5-7-8-19(4)15-13-14(3)17-16(18-15)21-11-9-20(6-2)10-12-21/h13H,5-12H2,1-4H3. The summed E-state index contributed by atoms with van der Waals surface area (Å²) in [6.07, 6.45) is 2.41. The minimum absolute atomic E-state index is 0.893. The van der Waals surface area contributed by atoms with Gasteiger partial charge in [0.05, 0.1) is 0 Å². The quantitative estimate of drug-likeness (QED) is 0.802. The Morgan fingerprint density at radius 1 is 1.14 bits per heavy atom. The van der Waals surface area contributed by atoms with Crippen LogP contribution in [-0.2, 0) is 0 Å². The minimum Gasteiger partial charge on any atom is -0.360 e. The number of unbranched alkanes of at least 4 members (excludes halogenated alkanes) is 1. The lowest BCUT2D eigenvalue weighted by Gasteiger charge is -2.34. The predicted octanol–water partition coefficient (Wildman–Crippen LogP) is 2.16. The van der Waals surface area contributed by atoms with Crippen molar-refractivity contribution in [2.45, 2.75) is 33.6 Å². The molecule has 0 atom stereocenters. The monoisotopic (exact) mass is 291 g/mol. The van der Waals surface area contributed by atoms with Crippen LogP contribution in [0.2, 0.25) is 0 Å². The van der Waals surface area contributed by atoms with Crippen molar-refractivity contribution in [3.63, 3.8) is 0 Å². The highest BCUT2D eigenvalue weighted by molar-refractivity contribution is 5.45. The van der Waals surface area contributed by atoms with Crippen molar-refractivity contribution in [1.82, 2.24) is 14.9 Å². The van der Waals surface area contributed by atoms with Crippen LogP contribution in [0.25, 0.3) is 0 Å². The van der Waals surface area contributed by atoms with Gasteiger partial charge in [-0.25, -0.2) is 4.98 Å². The van der Waals surface area contributed by atoms with E-state index in [1.165, 1.54) is 12.8 Å². The van der Waals surface area contributed by atoms with Crippen LogP contribution in [0.1, 0.15) is 32.4 Å². The number of likely N-dealkylation sites (N-methyl/N-ethyl adjacent to an activating group) is 1. The molecule has 21 heavy (non-hydrogen) atoms. The lowest BCUT2D eigenvalue weighted by molar-refractivity contribution is 0.270. The number of aryl methyl sites for hydroxylation is 1. The molecule has 0 N–H and O–H groups in total. The first-order chi connectivity index (χ1) is 10.1. The number of hydrogen-bond donors (Lipinski definition) is 0. The first-order valence-electron chi connectivity index (χ1n) is 8.18. The van der Waals surface area contributed by atoms with Crippen molar-refractivity contribution in [3.8, 4) is 0 Å². The van der Waals surface area contributed by atoms with Crippen LogP contribution in [0.5, 0.6) is 0 Å². The zero-order chi connectivity index (χ0) is 15.2. The Morgan fingerprint density at radius 3 is 2.48 bits per heavy atom. The number of anilines is 2. The van der Waals surface area contributed by atoms with E-state index in [-0.39, 0.29) is 0 Å². The Kier molecular flexibility index (Phi) is 5.79. The summed E-state index contributed by atoms with van der Waals surface area (Å²) >= 11 is 0. The highest BCUT2D eigenvalue weighted by atomic mass is 15.3. The number of rotatable bonds is 6. The molecule has 0 unspecified atom stereocenters. The van der Waals surface area contributed by atoms with Crippen molar-refractivity contribution >= 4 is 11.8 Å². The van der Waals surface area contributed by atoms with E-state index in [0.717, 1.165) is 56.7 Å². The molecule has 2 heterocycles. The summed E-state index contributed by atoms with van der Waals surface area (Å²) in [4.78, 5) is 16.5. The van der Waals surface area contributed by atoms with Crippen LogP contribution in [0, 0.1) is 6.92 Å². The van der Waals surface area contributed by atoms with E-state index in [0.29, 0.717) is 0 Å². The van der Waals surface area contributed by atoms with Crippen LogP contribution in [-0.4, -0.2) is 61.2 Å². The minimum atomic E-state index is 0.893. The smallest absolute Gasteiger partial charge is 0.227 e. The van der Waals surface area contributed by atoms with Gasteiger partial charge in [0.15, 0.2) is 0 Å². The van der Waals surface area contributed by atoms with Crippen LogP contribution in [0.4, 0.5) is 11.8 Å². The maximum atomic E-state index is 4.78. The highest BCUT2D eigenvalue weighted by Crippen LogP contribution is 2.18. The van der Waals surface area contributed by atoms with Crippen molar-refractivity contribution < 1.29 is 0 Å². The summed E-state index contributed by atoms with van der Waals surface area (Å²) < 4.78 is 0. The van der Waals surface area contributed by atoms with E-state index in [1.54, 1.807) is 0 Å². The fraction of sp³-hybridized carbons (Fsp3) is 0.750. The summed E-state index contributed by atoms with van der Waals surface area (Å²) in [5, 5.41) is 0. The molecule has 1 fully saturated rings. The highest BCUT2D eigenvalue weighted by Gasteiger charge is 2.19. The average Bonchev–Trinajstić information content (AvgIpc) is 2.52. The first kappa shape index (κ1) is 16.0. The molecule has 0 saturated carbocycles. The van der Waals surface area contributed by atoms with Crippen molar-refractivity contribution in [2.75, 3.05) is 56.1 Å². The number of hydrogen-bond acceptors (Lipinski definition) is 5. The van der Waals surface area contributed by atoms with Crippen molar-refractivity contribution in [2.24, 2.45) is 0 Å². The van der Waals surface area contributed by atoms with Gasteiger partial charge in [-0.3, -0.25) is 0 Å². The average molecular weight is 291 g/mol. The molecule has 0 aromatic carbocycles. The van der Waals surface area contributed by atoms with Gasteiger partial charge in [0, 0.05) is 51.5 Å². The maximum absolute atomic E-state index is 4.78. The van der Waals surface area contributed by atoms with Gasteiger partial charge in [0.2, 0.25) is 5.95 Å². The summed E-state index contributed by atoms with van der Waals surface area (Å²) in [6, 6.07) is 2.08. The molecule has 5 heteroatoms. The topological polar surface area (TPSA) is 35.5 Å². The molecule has 1 saturated heterocycles. The van der Waals surface area contributed by atoms with E-state index in [4.69, 9.17) is 4.98 Å². The Hall–Kier alpha value is -1.36. The third-order valence-corrected chi connectivity index (χ3v) is 4.17. The molecular formula is C16H29N5. The van der Waals surface area contributed by atoms with Crippen LogP contribution < -0.4 is 9.80 Å². The molecule has 1 aromatic rings. The van der Waals surface area contributed by atoms with Crippen molar-refractivity contribution in [3.05, 3.63) is 11.8 Å². The van der Waals surface area contributed by atoms with E-state index >= 15 is 0 Å². The molecule has 1 aromatic heterocycles. The molecule has 2 rings (SSSR count). The summed E-state index contributed by atoms with van der Waals surface area (Å²) in [5.74, 6) is 1.94. The fourth-order valence-corrected chi connectivity index (χ4v) is 2.65. The summed E-state index contributed by atoms with van der Waals surface area (Å²) in [6.45, 7) is 12.9. The SMILES string of the molecule is CCCCN(C)c1cc(C)nc(N2CCN(CC)CC2)n1. The molecular weight excluding hydrogens is 262 g/mol. The van der Waals surface area contributed by atoms with Crippen molar-refractivity contribution in [1.29, 1.82) is 0 Å². The van der Waals surface area contributed by atoms with E-state index < -0.39 is 0 Å². The van der Waals surface area contributed by atoms with Crippen LogP contribution in [0.15, 0.2) is 6.07 Å². The molecule has 0 aliphatic carbocycles. The molecule has 118 valence electrons. The van der Waals surface area contributed by atoms with Gasteiger partial charge in [0.25, 0.3) is 0 Å². The summed E-state index contributed by atoms with van der Waals surface area (Å²) in [5.41, 5.74) is 1.05. The molecule has 0 bridgehead atoms. The maximum Gasteiger partial charge on any atom is 0.227 e. The van der Waals surface area contributed by atoms with Crippen LogP contribution >= 0.6 is 0 Å². The second-order valence-electron chi connectivity index (χ2n) is 5.86. The molecule has 1 aliphatic heterocycles. The first-order valence-corrected chi connectivity index (χ1v) is 8.18. The zero-order valence-corrected chi connectivity index (χ0v) is 14.0. The normalized spacial score (nSPS) is 16.3. The van der Waals surface area contributed by atoms with Gasteiger partial charge in [-0.05, 0) is 19.9 Å². The van der Waals surface area contributed by atoms with E-state index in [9.17, 15) is 0 Å². The van der Waals surface area contributed by atoms with E-state index in [1.807, 2.05) is 0 Å². The number of nitrogens with zero attached hydrogens (tertiary/aromatic N) is 5. The summed E-state index contributed by atoms with van der Waals surface area (Å²) in [7, 11) is 2.12. The second-order valence-corrected chi connectivity index (χ2v) is 5.86. The molecule has 0 amide bonds. The van der Waals surface area contributed by atoms with E-state index in [2.05, 4.69) is 53.6 Å². The van der Waals surface area contributed by atoms with Gasteiger partial charge in [-0.1, -0.05) is 20.3 Å². The number of aromatic nitrogens is 2. The lowest BCUT2D eigenvalue weighted by atomic mass is 10.3. The Labute approximate surface area is 129 Å². The predicted molar refractivity (Wildman–Crippen MR) is 89.3 cm³/mol. The van der Waals surface area contributed by atoms with Gasteiger partial charge >= 0.3 is 0 Å². The third kappa shape index (κ3) is 4.30. The Bertz CT molecular complexity index is 440. The Morgan fingerprint density at radius 2 is 1.86 bits per heavy atom. The molecule has 0 spiro atoms. The van der Waals surface area contributed by atoms with Gasteiger partial charge in [-0.2, -0.15) is 4.98 Å². The molecule has 0 radical (unpaired) electrons. The largest absolute Gasteiger partial charge is 0.360 e. The Balaban J connectivity index is 2.08. The van der Waals surface area contributed by atoms with Gasteiger partial charge in [-0.15, -0.1) is 0 Å². The second kappa shape index (κ2) is 7.59. The van der Waals surface area contributed by atoms with Crippen LogP contribution in [0.3, 0.4) is 0 Å². The van der Waals surface area contributed by atoms with Gasteiger partial charge < -0.3 is 14.7 Å². The van der Waals surface area contributed by atoms with Gasteiger partial charge in [0.1, 0.15) is 5.82 Å². The molecule has 5 nitrogen and oxygen atoms in total. The zero-order valence-electron chi connectivity index (χ0n) is 14.0.